The molecule has 0 unspecified atom stereocenters. The van der Waals surface area contributed by atoms with Gasteiger partial charge in [-0.3, -0.25) is 4.79 Å². The number of hydrogen-bond donors (Lipinski definition) is 0. The highest BCUT2D eigenvalue weighted by Crippen LogP contribution is 2.36. The van der Waals surface area contributed by atoms with Gasteiger partial charge in [-0.2, -0.15) is 5.10 Å². The summed E-state index contributed by atoms with van der Waals surface area (Å²) in [4.78, 5) is 14.7. The Morgan fingerprint density at radius 3 is 1.86 bits per heavy atom. The molecule has 1 aromatic heterocycles. The van der Waals surface area contributed by atoms with Crippen molar-refractivity contribution < 1.29 is 4.79 Å². The third-order valence-electron chi connectivity index (χ3n) is 4.14. The van der Waals surface area contributed by atoms with Crippen LogP contribution in [0.5, 0.6) is 0 Å². The summed E-state index contributed by atoms with van der Waals surface area (Å²) in [6.07, 6.45) is 1.74. The van der Waals surface area contributed by atoms with Crippen molar-refractivity contribution >= 4 is 52.5 Å². The smallest absolute Gasteiger partial charge is 0.267 e. The quantitative estimate of drug-likeness (QED) is 0.320. The average molecular weight is 460 g/mol. The van der Waals surface area contributed by atoms with Crippen LogP contribution in [0.15, 0.2) is 88.8 Å². The monoisotopic (exact) mass is 458 g/mol. The van der Waals surface area contributed by atoms with Gasteiger partial charge < -0.3 is 0 Å². The second kappa shape index (κ2) is 8.64. The Labute approximate surface area is 187 Å². The first-order valence-corrected chi connectivity index (χ1v) is 10.5. The lowest BCUT2D eigenvalue weighted by Gasteiger charge is -2.03. The lowest BCUT2D eigenvalue weighted by molar-refractivity contribution is 0.0945. The van der Waals surface area contributed by atoms with Crippen LogP contribution in [0.2, 0.25) is 15.1 Å². The third kappa shape index (κ3) is 4.68. The van der Waals surface area contributed by atoms with Crippen LogP contribution in [-0.4, -0.2) is 15.7 Å². The van der Waals surface area contributed by atoms with Crippen molar-refractivity contribution in [2.24, 2.45) is 0 Å². The molecule has 0 aliphatic carbocycles. The molecular weight excluding hydrogens is 447 g/mol. The van der Waals surface area contributed by atoms with E-state index >= 15 is 0 Å². The van der Waals surface area contributed by atoms with E-state index in [1.165, 1.54) is 16.4 Å². The van der Waals surface area contributed by atoms with E-state index < -0.39 is 0 Å². The van der Waals surface area contributed by atoms with Crippen molar-refractivity contribution in [2.45, 2.75) is 9.79 Å². The maximum Gasteiger partial charge on any atom is 0.278 e. The molecule has 0 radical (unpaired) electrons. The number of nitrogens with zero attached hydrogens (tertiary/aromatic N) is 2. The van der Waals surface area contributed by atoms with Crippen LogP contribution < -0.4 is 0 Å². The topological polar surface area (TPSA) is 34.9 Å². The highest BCUT2D eigenvalue weighted by atomic mass is 35.5. The van der Waals surface area contributed by atoms with Gasteiger partial charge in [-0.15, -0.1) is 0 Å². The standard InChI is InChI=1S/C22H13Cl3N2OS/c23-16-5-1-14(2-6-16)21-20(29-19-11-9-18(25)10-12-19)13-27(26-21)22(28)15-3-7-17(24)8-4-15/h1-13H. The molecule has 0 spiro atoms. The van der Waals surface area contributed by atoms with Crippen LogP contribution in [0.4, 0.5) is 0 Å². The van der Waals surface area contributed by atoms with E-state index in [-0.39, 0.29) is 5.91 Å². The Balaban J connectivity index is 1.75. The predicted molar refractivity (Wildman–Crippen MR) is 119 cm³/mol. The normalized spacial score (nSPS) is 10.9. The molecule has 0 aliphatic rings. The maximum absolute atomic E-state index is 12.9. The Kier molecular flexibility index (Phi) is 5.97. The molecule has 1 heterocycles. The van der Waals surface area contributed by atoms with Gasteiger partial charge in [-0.25, -0.2) is 4.68 Å². The molecule has 0 saturated heterocycles. The highest BCUT2D eigenvalue weighted by Gasteiger charge is 2.17. The molecule has 0 bridgehead atoms. The van der Waals surface area contributed by atoms with E-state index in [0.717, 1.165) is 15.4 Å². The van der Waals surface area contributed by atoms with Gasteiger partial charge in [0.15, 0.2) is 0 Å². The van der Waals surface area contributed by atoms with E-state index in [1.807, 2.05) is 36.4 Å². The Morgan fingerprint density at radius 2 is 1.28 bits per heavy atom. The van der Waals surface area contributed by atoms with Gasteiger partial charge >= 0.3 is 0 Å². The number of halogens is 3. The molecule has 0 N–H and O–H groups in total. The largest absolute Gasteiger partial charge is 0.278 e. The SMILES string of the molecule is O=C(c1ccc(Cl)cc1)n1cc(Sc2ccc(Cl)cc2)c(-c2ccc(Cl)cc2)n1. The number of carbonyl (C=O) groups is 1. The molecule has 0 atom stereocenters. The summed E-state index contributed by atoms with van der Waals surface area (Å²) in [5.41, 5.74) is 2.07. The molecule has 29 heavy (non-hydrogen) atoms. The van der Waals surface area contributed by atoms with Crippen LogP contribution in [-0.2, 0) is 0 Å². The molecule has 3 aromatic carbocycles. The summed E-state index contributed by atoms with van der Waals surface area (Å²) in [6.45, 7) is 0. The van der Waals surface area contributed by atoms with E-state index in [2.05, 4.69) is 5.10 Å². The fourth-order valence-corrected chi connectivity index (χ4v) is 4.01. The molecule has 3 nitrogen and oxygen atoms in total. The Hall–Kier alpha value is -2.24. The van der Waals surface area contributed by atoms with Crippen molar-refractivity contribution in [1.29, 1.82) is 0 Å². The summed E-state index contributed by atoms with van der Waals surface area (Å²) in [5.74, 6) is -0.236. The van der Waals surface area contributed by atoms with Gasteiger partial charge in [0.2, 0.25) is 0 Å². The van der Waals surface area contributed by atoms with Crippen LogP contribution >= 0.6 is 46.6 Å². The fraction of sp³-hybridized carbons (Fsp3) is 0. The lowest BCUT2D eigenvalue weighted by Crippen LogP contribution is -2.12. The average Bonchev–Trinajstić information content (AvgIpc) is 3.14. The lowest BCUT2D eigenvalue weighted by atomic mass is 10.2. The predicted octanol–water partition coefficient (Wildman–Crippen LogP) is 7.35. The molecule has 0 fully saturated rings. The number of aromatic nitrogens is 2. The molecule has 144 valence electrons. The molecular formula is C22H13Cl3N2OS. The number of hydrogen-bond acceptors (Lipinski definition) is 3. The van der Waals surface area contributed by atoms with Crippen molar-refractivity contribution in [3.63, 3.8) is 0 Å². The van der Waals surface area contributed by atoms with Crippen LogP contribution in [0.3, 0.4) is 0 Å². The highest BCUT2D eigenvalue weighted by molar-refractivity contribution is 7.99. The van der Waals surface area contributed by atoms with E-state index in [9.17, 15) is 4.79 Å². The van der Waals surface area contributed by atoms with Crippen LogP contribution in [0.1, 0.15) is 10.4 Å². The van der Waals surface area contributed by atoms with Crippen molar-refractivity contribution in [1.82, 2.24) is 9.78 Å². The molecule has 4 aromatic rings. The molecule has 0 aliphatic heterocycles. The Bertz CT molecular complexity index is 1150. The summed E-state index contributed by atoms with van der Waals surface area (Å²) in [5, 5.41) is 6.44. The molecule has 0 saturated carbocycles. The van der Waals surface area contributed by atoms with Gasteiger partial charge in [-0.05, 0) is 60.7 Å². The van der Waals surface area contributed by atoms with Gasteiger partial charge in [0, 0.05) is 37.3 Å². The van der Waals surface area contributed by atoms with E-state index in [1.54, 1.807) is 42.6 Å². The van der Waals surface area contributed by atoms with Crippen LogP contribution in [0.25, 0.3) is 11.3 Å². The third-order valence-corrected chi connectivity index (χ3v) is 5.92. The molecule has 4 rings (SSSR count). The number of benzene rings is 3. The second-order valence-corrected chi connectivity index (χ2v) is 8.59. The Morgan fingerprint density at radius 1 is 0.759 bits per heavy atom. The van der Waals surface area contributed by atoms with Gasteiger partial charge in [0.1, 0.15) is 5.69 Å². The molecule has 7 heteroatoms. The van der Waals surface area contributed by atoms with E-state index in [0.29, 0.717) is 26.3 Å². The van der Waals surface area contributed by atoms with Gasteiger partial charge in [0.25, 0.3) is 5.91 Å². The summed E-state index contributed by atoms with van der Waals surface area (Å²) >= 11 is 19.5. The minimum Gasteiger partial charge on any atom is -0.267 e. The summed E-state index contributed by atoms with van der Waals surface area (Å²) < 4.78 is 1.35. The fourth-order valence-electron chi connectivity index (χ4n) is 2.70. The first-order chi connectivity index (χ1) is 14.0. The second-order valence-electron chi connectivity index (χ2n) is 6.16. The number of rotatable bonds is 4. The zero-order valence-corrected chi connectivity index (χ0v) is 17.9. The summed E-state index contributed by atoms with van der Waals surface area (Å²) in [7, 11) is 0. The molecule has 0 amide bonds. The van der Waals surface area contributed by atoms with E-state index in [4.69, 9.17) is 34.8 Å². The number of carbonyl (C=O) groups excluding carboxylic acids is 1. The minimum atomic E-state index is -0.236. The van der Waals surface area contributed by atoms with Crippen molar-refractivity contribution in [3.05, 3.63) is 99.6 Å². The zero-order valence-electron chi connectivity index (χ0n) is 14.9. The van der Waals surface area contributed by atoms with Crippen molar-refractivity contribution in [2.75, 3.05) is 0 Å². The van der Waals surface area contributed by atoms with Crippen LogP contribution in [0, 0.1) is 0 Å². The minimum absolute atomic E-state index is 0.236. The van der Waals surface area contributed by atoms with Gasteiger partial charge in [0.05, 0.1) is 4.90 Å². The first kappa shape index (κ1) is 20.0. The zero-order chi connectivity index (χ0) is 20.4. The summed E-state index contributed by atoms with van der Waals surface area (Å²) in [6, 6.07) is 21.6. The maximum atomic E-state index is 12.9. The van der Waals surface area contributed by atoms with Crippen molar-refractivity contribution in [3.8, 4) is 11.3 Å². The first-order valence-electron chi connectivity index (χ1n) is 8.59. The van der Waals surface area contributed by atoms with Gasteiger partial charge in [-0.1, -0.05) is 58.7 Å².